The van der Waals surface area contributed by atoms with Crippen molar-refractivity contribution < 1.29 is 24.9 Å². The largest absolute Gasteiger partial charge is 0.508 e. The summed E-state index contributed by atoms with van der Waals surface area (Å²) in [4.78, 5) is 11.0. The number of hydrogen-bond donors (Lipinski definition) is 5. The van der Waals surface area contributed by atoms with E-state index in [1.54, 1.807) is 24.3 Å². The average Bonchev–Trinajstić information content (AvgIpc) is 2.78. The van der Waals surface area contributed by atoms with Gasteiger partial charge < -0.3 is 30.8 Å². The van der Waals surface area contributed by atoms with E-state index in [0.717, 1.165) is 31.7 Å². The Kier molecular flexibility index (Phi) is 8.52. The van der Waals surface area contributed by atoms with Gasteiger partial charge in [-0.25, -0.2) is 5.01 Å². The zero-order valence-corrected chi connectivity index (χ0v) is 17.5. The molecule has 0 saturated carbocycles. The zero-order chi connectivity index (χ0) is 22.1. The molecule has 0 aromatic heterocycles. The van der Waals surface area contributed by atoms with Gasteiger partial charge in [-0.15, -0.1) is 0 Å². The number of phenols is 1. The van der Waals surface area contributed by atoms with Crippen LogP contribution in [0.5, 0.6) is 11.5 Å². The zero-order valence-electron chi connectivity index (χ0n) is 17.5. The lowest BCUT2D eigenvalue weighted by molar-refractivity contribution is -0.143. The molecule has 0 aliphatic carbocycles. The minimum atomic E-state index is -0.699. The maximum Gasteiger partial charge on any atom is 0.306 e. The van der Waals surface area contributed by atoms with Crippen molar-refractivity contribution in [2.24, 2.45) is 5.92 Å². The Hall–Kier alpha value is -2.81. The van der Waals surface area contributed by atoms with Gasteiger partial charge in [-0.3, -0.25) is 4.79 Å². The van der Waals surface area contributed by atoms with Gasteiger partial charge in [0, 0.05) is 25.3 Å². The van der Waals surface area contributed by atoms with Crippen molar-refractivity contribution in [1.29, 1.82) is 0 Å². The molecule has 0 amide bonds. The van der Waals surface area contributed by atoms with E-state index >= 15 is 0 Å². The Bertz CT molecular complexity index is 805. The Labute approximate surface area is 182 Å². The van der Waals surface area contributed by atoms with E-state index in [0.29, 0.717) is 25.1 Å². The lowest BCUT2D eigenvalue weighted by Crippen LogP contribution is -2.39. The fraction of sp³-hybridized carbons (Fsp3) is 0.435. The summed E-state index contributed by atoms with van der Waals surface area (Å²) >= 11 is 0. The number of carbonyl (C=O) groups is 1. The van der Waals surface area contributed by atoms with Gasteiger partial charge in [-0.2, -0.15) is 0 Å². The van der Waals surface area contributed by atoms with Gasteiger partial charge >= 0.3 is 5.97 Å². The highest BCUT2D eigenvalue weighted by molar-refractivity contribution is 5.70. The average molecular weight is 430 g/mol. The molecule has 0 radical (unpaired) electrons. The van der Waals surface area contributed by atoms with E-state index in [1.807, 2.05) is 12.1 Å². The van der Waals surface area contributed by atoms with Crippen LogP contribution in [-0.2, 0) is 11.2 Å². The Morgan fingerprint density at radius 2 is 1.77 bits per heavy atom. The van der Waals surface area contributed by atoms with E-state index in [4.69, 9.17) is 9.84 Å². The minimum Gasteiger partial charge on any atom is -0.508 e. The molecule has 2 aromatic rings. The van der Waals surface area contributed by atoms with Crippen LogP contribution in [0.2, 0.25) is 0 Å². The lowest BCUT2D eigenvalue weighted by Gasteiger charge is -2.31. The smallest absolute Gasteiger partial charge is 0.306 e. The first kappa shape index (κ1) is 22.9. The Balaban J connectivity index is 1.29. The SMILES string of the molecule is O=C(O)C1CCN(Nc2ccc(CCNCC(O)COc3ccc(O)cc3)cc2)CC1. The number of hydrogen-bond acceptors (Lipinski definition) is 7. The quantitative estimate of drug-likeness (QED) is 0.345. The topological polar surface area (TPSA) is 114 Å². The standard InChI is InChI=1S/C23H31N3O5/c27-20-5-7-22(8-6-20)31-16-21(28)15-24-12-9-17-1-3-19(4-2-17)25-26-13-10-18(11-14-26)23(29)30/h1-8,18,21,24-25,27-28H,9-16H2,(H,29,30). The van der Waals surface area contributed by atoms with Gasteiger partial charge in [-0.1, -0.05) is 12.1 Å². The maximum atomic E-state index is 11.0. The molecule has 1 atom stereocenters. The highest BCUT2D eigenvalue weighted by Crippen LogP contribution is 2.19. The van der Waals surface area contributed by atoms with E-state index in [1.165, 1.54) is 5.56 Å². The molecule has 3 rings (SSSR count). The third kappa shape index (κ3) is 7.75. The summed E-state index contributed by atoms with van der Waals surface area (Å²) < 4.78 is 5.49. The monoisotopic (exact) mass is 429 g/mol. The minimum absolute atomic E-state index is 0.179. The molecular weight excluding hydrogens is 398 g/mol. The van der Waals surface area contributed by atoms with Crippen LogP contribution >= 0.6 is 0 Å². The molecule has 5 N–H and O–H groups in total. The number of aliphatic hydroxyl groups excluding tert-OH is 1. The number of aliphatic hydroxyl groups is 1. The second-order valence-corrected chi connectivity index (χ2v) is 7.82. The second kappa shape index (κ2) is 11.5. The van der Waals surface area contributed by atoms with Crippen LogP contribution in [0, 0.1) is 5.92 Å². The number of nitrogens with one attached hydrogen (secondary N) is 2. The summed E-state index contributed by atoms with van der Waals surface area (Å²) in [5, 5.41) is 33.6. The number of carboxylic acids is 1. The molecule has 8 nitrogen and oxygen atoms in total. The van der Waals surface area contributed by atoms with Crippen LogP contribution in [0.3, 0.4) is 0 Å². The highest BCUT2D eigenvalue weighted by atomic mass is 16.5. The molecule has 31 heavy (non-hydrogen) atoms. The second-order valence-electron chi connectivity index (χ2n) is 7.82. The molecular formula is C23H31N3O5. The summed E-state index contributed by atoms with van der Waals surface area (Å²) in [5.41, 5.74) is 5.53. The fourth-order valence-corrected chi connectivity index (χ4v) is 3.46. The number of piperidine rings is 1. The van der Waals surface area contributed by atoms with Gasteiger partial charge in [-0.05, 0) is 67.8 Å². The van der Waals surface area contributed by atoms with Gasteiger partial charge in [0.05, 0.1) is 5.92 Å². The Morgan fingerprint density at radius 1 is 1.10 bits per heavy atom. The molecule has 8 heteroatoms. The van der Waals surface area contributed by atoms with Crippen LogP contribution in [-0.4, -0.2) is 65.2 Å². The number of anilines is 1. The number of rotatable bonds is 11. The van der Waals surface area contributed by atoms with Crippen molar-refractivity contribution in [1.82, 2.24) is 10.3 Å². The van der Waals surface area contributed by atoms with Crippen LogP contribution in [0.1, 0.15) is 18.4 Å². The summed E-state index contributed by atoms with van der Waals surface area (Å²) in [6, 6.07) is 14.6. The number of nitrogens with zero attached hydrogens (tertiary/aromatic N) is 1. The van der Waals surface area contributed by atoms with Crippen LogP contribution in [0.15, 0.2) is 48.5 Å². The van der Waals surface area contributed by atoms with E-state index in [-0.39, 0.29) is 18.3 Å². The third-order valence-corrected chi connectivity index (χ3v) is 5.33. The number of phenolic OH excluding ortho intramolecular Hbond substituents is 1. The van der Waals surface area contributed by atoms with Gasteiger partial charge in [0.2, 0.25) is 0 Å². The molecule has 1 unspecified atom stereocenters. The van der Waals surface area contributed by atoms with Crippen molar-refractivity contribution in [2.45, 2.75) is 25.4 Å². The van der Waals surface area contributed by atoms with Gasteiger partial charge in [0.15, 0.2) is 0 Å². The van der Waals surface area contributed by atoms with Crippen LogP contribution < -0.4 is 15.5 Å². The van der Waals surface area contributed by atoms with Gasteiger partial charge in [0.25, 0.3) is 0 Å². The van der Waals surface area contributed by atoms with Gasteiger partial charge in [0.1, 0.15) is 24.2 Å². The normalized spacial score (nSPS) is 16.0. The number of aliphatic carboxylic acids is 1. The summed E-state index contributed by atoms with van der Waals surface area (Å²) in [6.45, 7) is 2.81. The van der Waals surface area contributed by atoms with Crippen molar-refractivity contribution in [3.63, 3.8) is 0 Å². The van der Waals surface area contributed by atoms with Crippen molar-refractivity contribution in [2.75, 3.05) is 38.2 Å². The predicted molar refractivity (Wildman–Crippen MR) is 118 cm³/mol. The van der Waals surface area contributed by atoms with Crippen molar-refractivity contribution in [3.8, 4) is 11.5 Å². The van der Waals surface area contributed by atoms with E-state index in [9.17, 15) is 15.0 Å². The number of ether oxygens (including phenoxy) is 1. The van der Waals surface area contributed by atoms with Crippen molar-refractivity contribution >= 4 is 11.7 Å². The predicted octanol–water partition coefficient (Wildman–Crippen LogP) is 2.09. The fourth-order valence-electron chi connectivity index (χ4n) is 3.46. The molecule has 1 saturated heterocycles. The first-order chi connectivity index (χ1) is 15.0. The molecule has 168 valence electrons. The molecule has 0 bridgehead atoms. The molecule has 1 fully saturated rings. The third-order valence-electron chi connectivity index (χ3n) is 5.33. The molecule has 1 aliphatic heterocycles. The summed E-state index contributed by atoms with van der Waals surface area (Å²) in [5.74, 6) is -0.142. The number of aromatic hydroxyl groups is 1. The van der Waals surface area contributed by atoms with Crippen molar-refractivity contribution in [3.05, 3.63) is 54.1 Å². The molecule has 0 spiro atoms. The maximum absolute atomic E-state index is 11.0. The molecule has 2 aromatic carbocycles. The van der Waals surface area contributed by atoms with E-state index in [2.05, 4.69) is 27.9 Å². The number of benzene rings is 2. The van der Waals surface area contributed by atoms with Crippen LogP contribution in [0.25, 0.3) is 0 Å². The summed E-state index contributed by atoms with van der Waals surface area (Å²) in [6.07, 6.45) is 1.55. The molecule has 1 aliphatic rings. The molecule has 1 heterocycles. The Morgan fingerprint density at radius 3 is 2.42 bits per heavy atom. The first-order valence-electron chi connectivity index (χ1n) is 10.6. The number of carboxylic acid groups (broad SMARTS) is 1. The summed E-state index contributed by atoms with van der Waals surface area (Å²) in [7, 11) is 0. The van der Waals surface area contributed by atoms with E-state index < -0.39 is 12.1 Å². The first-order valence-corrected chi connectivity index (χ1v) is 10.6. The van der Waals surface area contributed by atoms with Crippen LogP contribution in [0.4, 0.5) is 5.69 Å². The lowest BCUT2D eigenvalue weighted by atomic mass is 9.98. The highest BCUT2D eigenvalue weighted by Gasteiger charge is 2.24. The number of hydrazine groups is 1.